The summed E-state index contributed by atoms with van der Waals surface area (Å²) in [5, 5.41) is 14.6. The summed E-state index contributed by atoms with van der Waals surface area (Å²) in [5.41, 5.74) is 2.41. The third-order valence-corrected chi connectivity index (χ3v) is 3.39. The fraction of sp³-hybridized carbons (Fsp3) is 0.588. The van der Waals surface area contributed by atoms with Gasteiger partial charge in [0.2, 0.25) is 0 Å². The Labute approximate surface area is 128 Å². The molecule has 0 saturated carbocycles. The molecular formula is C17H28N2O2. The summed E-state index contributed by atoms with van der Waals surface area (Å²) in [6, 6.07) is 8.15. The van der Waals surface area contributed by atoms with Gasteiger partial charge in [-0.2, -0.15) is 0 Å². The van der Waals surface area contributed by atoms with Gasteiger partial charge in [0.15, 0.2) is 0 Å². The number of carbonyl (C=O) groups excluding carboxylic acids is 1. The largest absolute Gasteiger partial charge is 0.396 e. The van der Waals surface area contributed by atoms with Gasteiger partial charge < -0.3 is 15.7 Å². The Morgan fingerprint density at radius 2 is 1.76 bits per heavy atom. The van der Waals surface area contributed by atoms with Gasteiger partial charge in [-0.1, -0.05) is 45.0 Å². The van der Waals surface area contributed by atoms with Crippen molar-refractivity contribution in [1.29, 1.82) is 0 Å². The summed E-state index contributed by atoms with van der Waals surface area (Å²) in [5.74, 6) is 0.715. The lowest BCUT2D eigenvalue weighted by Crippen LogP contribution is -2.39. The maximum absolute atomic E-state index is 11.8. The highest BCUT2D eigenvalue weighted by molar-refractivity contribution is 5.74. The van der Waals surface area contributed by atoms with Crippen molar-refractivity contribution in [2.45, 2.75) is 40.2 Å². The molecule has 2 amide bonds. The molecule has 0 bridgehead atoms. The smallest absolute Gasteiger partial charge is 0.315 e. The van der Waals surface area contributed by atoms with Crippen molar-refractivity contribution in [1.82, 2.24) is 10.6 Å². The minimum Gasteiger partial charge on any atom is -0.396 e. The van der Waals surface area contributed by atoms with E-state index < -0.39 is 0 Å². The molecule has 0 heterocycles. The van der Waals surface area contributed by atoms with E-state index >= 15 is 0 Å². The first-order valence-corrected chi connectivity index (χ1v) is 7.66. The molecule has 21 heavy (non-hydrogen) atoms. The lowest BCUT2D eigenvalue weighted by Gasteiger charge is -2.17. The van der Waals surface area contributed by atoms with Crippen molar-refractivity contribution in [3.8, 4) is 0 Å². The van der Waals surface area contributed by atoms with Crippen molar-refractivity contribution in [2.24, 2.45) is 11.8 Å². The molecule has 4 nitrogen and oxygen atoms in total. The molecular weight excluding hydrogens is 264 g/mol. The molecule has 3 N–H and O–H groups in total. The Morgan fingerprint density at radius 3 is 2.29 bits per heavy atom. The van der Waals surface area contributed by atoms with Crippen LogP contribution in [0.4, 0.5) is 4.79 Å². The van der Waals surface area contributed by atoms with Crippen LogP contribution in [0.25, 0.3) is 0 Å². The van der Waals surface area contributed by atoms with E-state index in [1.165, 1.54) is 5.56 Å². The fourth-order valence-electron chi connectivity index (χ4n) is 2.08. The Balaban J connectivity index is 2.47. The molecule has 0 aromatic heterocycles. The SMILES string of the molecule is CC(C)Cc1ccc(C(C)NC(=O)NCC(C)CO)cc1. The van der Waals surface area contributed by atoms with Crippen molar-refractivity contribution >= 4 is 6.03 Å². The predicted molar refractivity (Wildman–Crippen MR) is 86.2 cm³/mol. The lowest BCUT2D eigenvalue weighted by molar-refractivity contribution is 0.220. The Kier molecular flexibility index (Phi) is 7.23. The Morgan fingerprint density at radius 1 is 1.14 bits per heavy atom. The third kappa shape index (κ3) is 6.63. The van der Waals surface area contributed by atoms with Crippen LogP contribution in [0.2, 0.25) is 0 Å². The molecule has 2 atom stereocenters. The standard InChI is InChI=1S/C17H28N2O2/c1-12(2)9-15-5-7-16(8-6-15)14(4)19-17(21)18-10-13(3)11-20/h5-8,12-14,20H,9-11H2,1-4H3,(H2,18,19,21). The molecule has 0 saturated heterocycles. The zero-order chi connectivity index (χ0) is 15.8. The zero-order valence-electron chi connectivity index (χ0n) is 13.5. The van der Waals surface area contributed by atoms with Crippen molar-refractivity contribution in [3.05, 3.63) is 35.4 Å². The maximum Gasteiger partial charge on any atom is 0.315 e. The Hall–Kier alpha value is -1.55. The average molecular weight is 292 g/mol. The van der Waals surface area contributed by atoms with Crippen LogP contribution in [0, 0.1) is 11.8 Å². The number of aliphatic hydroxyl groups is 1. The van der Waals surface area contributed by atoms with Crippen molar-refractivity contribution < 1.29 is 9.90 Å². The van der Waals surface area contributed by atoms with E-state index in [9.17, 15) is 4.79 Å². The molecule has 0 aliphatic carbocycles. The molecule has 0 spiro atoms. The molecule has 0 fully saturated rings. The topological polar surface area (TPSA) is 61.4 Å². The summed E-state index contributed by atoms with van der Waals surface area (Å²) in [6.45, 7) is 8.81. The quantitative estimate of drug-likeness (QED) is 0.723. The number of hydrogen-bond acceptors (Lipinski definition) is 2. The van der Waals surface area contributed by atoms with E-state index in [1.54, 1.807) is 0 Å². The number of aliphatic hydroxyl groups excluding tert-OH is 1. The van der Waals surface area contributed by atoms with Gasteiger partial charge in [0, 0.05) is 13.2 Å². The van der Waals surface area contributed by atoms with Gasteiger partial charge >= 0.3 is 6.03 Å². The number of hydrogen-bond donors (Lipinski definition) is 3. The summed E-state index contributed by atoms with van der Waals surface area (Å²) < 4.78 is 0. The van der Waals surface area contributed by atoms with Crippen molar-refractivity contribution in [3.63, 3.8) is 0 Å². The molecule has 1 aromatic carbocycles. The van der Waals surface area contributed by atoms with E-state index in [0.717, 1.165) is 12.0 Å². The minimum absolute atomic E-state index is 0.0393. The molecule has 1 rings (SSSR count). The van der Waals surface area contributed by atoms with E-state index in [1.807, 2.05) is 13.8 Å². The van der Waals surface area contributed by atoms with Crippen molar-refractivity contribution in [2.75, 3.05) is 13.2 Å². The maximum atomic E-state index is 11.8. The zero-order valence-corrected chi connectivity index (χ0v) is 13.5. The van der Waals surface area contributed by atoms with Crippen LogP contribution >= 0.6 is 0 Å². The second kappa shape index (κ2) is 8.67. The molecule has 0 radical (unpaired) electrons. The number of amides is 2. The minimum atomic E-state index is -0.200. The molecule has 0 aliphatic rings. The highest BCUT2D eigenvalue weighted by Gasteiger charge is 2.10. The van der Waals surface area contributed by atoms with Crippen LogP contribution in [-0.2, 0) is 6.42 Å². The summed E-state index contributed by atoms with van der Waals surface area (Å²) in [7, 11) is 0. The van der Waals surface area contributed by atoms with E-state index in [0.29, 0.717) is 12.5 Å². The predicted octanol–water partition coefficient (Wildman–Crippen LogP) is 2.87. The number of rotatable bonds is 7. The fourth-order valence-corrected chi connectivity index (χ4v) is 2.08. The number of nitrogens with one attached hydrogen (secondary N) is 2. The highest BCUT2D eigenvalue weighted by atomic mass is 16.3. The third-order valence-electron chi connectivity index (χ3n) is 3.39. The first-order chi connectivity index (χ1) is 9.92. The molecule has 4 heteroatoms. The summed E-state index contributed by atoms with van der Waals surface area (Å²) >= 11 is 0. The van der Waals surface area contributed by atoms with Gasteiger partial charge in [0.25, 0.3) is 0 Å². The van der Waals surface area contributed by atoms with E-state index in [4.69, 9.17) is 5.11 Å². The second-order valence-electron chi connectivity index (χ2n) is 6.20. The first-order valence-electron chi connectivity index (χ1n) is 7.66. The Bertz CT molecular complexity index is 429. The van der Waals surface area contributed by atoms with Crippen LogP contribution in [0.1, 0.15) is 44.9 Å². The van der Waals surface area contributed by atoms with Crippen LogP contribution in [0.15, 0.2) is 24.3 Å². The second-order valence-corrected chi connectivity index (χ2v) is 6.20. The van der Waals surface area contributed by atoms with Gasteiger partial charge in [-0.3, -0.25) is 0 Å². The molecule has 1 aromatic rings. The van der Waals surface area contributed by atoms with Crippen LogP contribution in [0.3, 0.4) is 0 Å². The monoisotopic (exact) mass is 292 g/mol. The van der Waals surface area contributed by atoms with Gasteiger partial charge in [0.1, 0.15) is 0 Å². The van der Waals surface area contributed by atoms with Gasteiger partial charge in [-0.25, -0.2) is 4.79 Å². The normalized spacial score (nSPS) is 13.8. The number of benzene rings is 1. The first kappa shape index (κ1) is 17.5. The summed E-state index contributed by atoms with van der Waals surface area (Å²) in [4.78, 5) is 11.8. The van der Waals surface area contributed by atoms with Crippen LogP contribution in [0.5, 0.6) is 0 Å². The number of carbonyl (C=O) groups is 1. The average Bonchev–Trinajstić information content (AvgIpc) is 2.44. The van der Waals surface area contributed by atoms with Gasteiger partial charge in [0.05, 0.1) is 6.04 Å². The highest BCUT2D eigenvalue weighted by Crippen LogP contribution is 2.15. The number of urea groups is 1. The van der Waals surface area contributed by atoms with Crippen LogP contribution < -0.4 is 10.6 Å². The molecule has 118 valence electrons. The molecule has 2 unspecified atom stereocenters. The lowest BCUT2D eigenvalue weighted by atomic mass is 10.00. The van der Waals surface area contributed by atoms with Crippen LogP contribution in [-0.4, -0.2) is 24.3 Å². The summed E-state index contributed by atoms with van der Waals surface area (Å²) in [6.07, 6.45) is 1.07. The van der Waals surface area contributed by atoms with Gasteiger partial charge in [-0.05, 0) is 36.3 Å². The van der Waals surface area contributed by atoms with E-state index in [-0.39, 0.29) is 24.6 Å². The van der Waals surface area contributed by atoms with Gasteiger partial charge in [-0.15, -0.1) is 0 Å². The van der Waals surface area contributed by atoms with E-state index in [2.05, 4.69) is 48.7 Å². The molecule has 0 aliphatic heterocycles.